The molecule has 0 aliphatic carbocycles. The molecule has 0 aromatic heterocycles. The van der Waals surface area contributed by atoms with Gasteiger partial charge in [0.2, 0.25) is 10.0 Å². The molecule has 1 N–H and O–H groups in total. The topological polar surface area (TPSA) is 99.5 Å². The number of rotatable bonds is 8. The first kappa shape index (κ1) is 22.4. The lowest BCUT2D eigenvalue weighted by atomic mass is 10.1. The fourth-order valence-electron chi connectivity index (χ4n) is 2.73. The van der Waals surface area contributed by atoms with Crippen molar-refractivity contribution in [2.45, 2.75) is 38.7 Å². The van der Waals surface area contributed by atoms with E-state index in [1.165, 1.54) is 28.6 Å². The van der Waals surface area contributed by atoms with Gasteiger partial charge in [-0.1, -0.05) is 13.8 Å². The van der Waals surface area contributed by atoms with Gasteiger partial charge < -0.3 is 10.1 Å². The number of amides is 1. The maximum atomic E-state index is 12.8. The van der Waals surface area contributed by atoms with Crippen LogP contribution in [0.1, 0.15) is 43.6 Å². The van der Waals surface area contributed by atoms with E-state index in [0.29, 0.717) is 30.0 Å². The molecule has 29 heavy (non-hydrogen) atoms. The van der Waals surface area contributed by atoms with E-state index in [2.05, 4.69) is 5.32 Å². The standard InChI is InChI=1S/C21H25N3O4S/c1-5-24(6-2)29(26,27)18-11-12-20(28-15(3)4)19(13-18)23-21(25)17-9-7-16(14-22)8-10-17/h7-13,15H,5-6H2,1-4H3,(H,23,25). The van der Waals surface area contributed by atoms with Crippen LogP contribution >= 0.6 is 0 Å². The number of nitrogens with one attached hydrogen (secondary N) is 1. The highest BCUT2D eigenvalue weighted by Gasteiger charge is 2.23. The van der Waals surface area contributed by atoms with Crippen molar-refractivity contribution in [3.63, 3.8) is 0 Å². The summed E-state index contributed by atoms with van der Waals surface area (Å²) in [6, 6.07) is 12.6. The summed E-state index contributed by atoms with van der Waals surface area (Å²) in [5.41, 5.74) is 1.05. The van der Waals surface area contributed by atoms with Gasteiger partial charge in [-0.15, -0.1) is 0 Å². The number of sulfonamides is 1. The van der Waals surface area contributed by atoms with Gasteiger partial charge in [0, 0.05) is 18.7 Å². The summed E-state index contributed by atoms with van der Waals surface area (Å²) in [5, 5.41) is 11.6. The lowest BCUT2D eigenvalue weighted by molar-refractivity contribution is 0.102. The van der Waals surface area contributed by atoms with Crippen LogP contribution in [-0.2, 0) is 10.0 Å². The van der Waals surface area contributed by atoms with Gasteiger partial charge in [0.15, 0.2) is 0 Å². The van der Waals surface area contributed by atoms with Crippen molar-refractivity contribution in [3.8, 4) is 11.8 Å². The second kappa shape index (κ2) is 9.54. The normalized spacial score (nSPS) is 11.3. The molecule has 0 radical (unpaired) electrons. The number of nitrogens with zero attached hydrogens (tertiary/aromatic N) is 2. The first-order valence-corrected chi connectivity index (χ1v) is 10.8. The fraction of sp³-hybridized carbons (Fsp3) is 0.333. The van der Waals surface area contributed by atoms with Crippen molar-refractivity contribution in [2.75, 3.05) is 18.4 Å². The van der Waals surface area contributed by atoms with Gasteiger partial charge in [0.05, 0.1) is 28.3 Å². The predicted molar refractivity (Wildman–Crippen MR) is 111 cm³/mol. The molecule has 0 aliphatic heterocycles. The van der Waals surface area contributed by atoms with Gasteiger partial charge in [0.25, 0.3) is 5.91 Å². The SMILES string of the molecule is CCN(CC)S(=O)(=O)c1ccc(OC(C)C)c(NC(=O)c2ccc(C#N)cc2)c1. The molecule has 0 saturated heterocycles. The third kappa shape index (κ3) is 5.34. The van der Waals surface area contributed by atoms with Crippen molar-refractivity contribution in [1.82, 2.24) is 4.31 Å². The van der Waals surface area contributed by atoms with Crippen molar-refractivity contribution >= 4 is 21.6 Å². The summed E-state index contributed by atoms with van der Waals surface area (Å²) in [6.45, 7) is 7.90. The molecular formula is C21H25N3O4S. The Bertz CT molecular complexity index is 1010. The molecule has 8 heteroatoms. The molecule has 7 nitrogen and oxygen atoms in total. The Hall–Kier alpha value is -2.89. The maximum Gasteiger partial charge on any atom is 0.255 e. The minimum atomic E-state index is -3.69. The van der Waals surface area contributed by atoms with Gasteiger partial charge in [-0.3, -0.25) is 4.79 Å². The molecular weight excluding hydrogens is 390 g/mol. The summed E-state index contributed by atoms with van der Waals surface area (Å²) in [7, 11) is -3.69. The highest BCUT2D eigenvalue weighted by Crippen LogP contribution is 2.30. The van der Waals surface area contributed by atoms with Crippen molar-refractivity contribution in [3.05, 3.63) is 53.6 Å². The number of ether oxygens (including phenoxy) is 1. The minimum absolute atomic E-state index is 0.0763. The van der Waals surface area contributed by atoms with E-state index in [1.54, 1.807) is 32.0 Å². The largest absolute Gasteiger partial charge is 0.489 e. The van der Waals surface area contributed by atoms with E-state index >= 15 is 0 Å². The molecule has 2 aromatic rings. The Morgan fingerprint density at radius 2 is 1.76 bits per heavy atom. The summed E-state index contributed by atoms with van der Waals surface area (Å²) in [6.07, 6.45) is -0.161. The summed E-state index contributed by atoms with van der Waals surface area (Å²) in [5.74, 6) is -0.0547. The zero-order valence-corrected chi connectivity index (χ0v) is 17.8. The fourth-order valence-corrected chi connectivity index (χ4v) is 4.21. The second-order valence-corrected chi connectivity index (χ2v) is 8.50. The number of anilines is 1. The van der Waals surface area contributed by atoms with Crippen LogP contribution in [0.25, 0.3) is 0 Å². The smallest absolute Gasteiger partial charge is 0.255 e. The van der Waals surface area contributed by atoms with Crippen LogP contribution in [0.5, 0.6) is 5.75 Å². The lowest BCUT2D eigenvalue weighted by Crippen LogP contribution is -2.30. The Kier molecular flexibility index (Phi) is 7.37. The van der Waals surface area contributed by atoms with E-state index in [0.717, 1.165) is 0 Å². The summed E-state index contributed by atoms with van der Waals surface area (Å²) < 4.78 is 32.8. The highest BCUT2D eigenvalue weighted by atomic mass is 32.2. The quantitative estimate of drug-likeness (QED) is 0.710. The summed E-state index contributed by atoms with van der Waals surface area (Å²) >= 11 is 0. The zero-order valence-electron chi connectivity index (χ0n) is 17.0. The van der Waals surface area contributed by atoms with E-state index in [1.807, 2.05) is 19.9 Å². The van der Waals surface area contributed by atoms with Crippen LogP contribution in [0.4, 0.5) is 5.69 Å². The Labute approximate surface area is 172 Å². The van der Waals surface area contributed by atoms with Crippen molar-refractivity contribution in [1.29, 1.82) is 5.26 Å². The summed E-state index contributed by atoms with van der Waals surface area (Å²) in [4.78, 5) is 12.7. The minimum Gasteiger partial charge on any atom is -0.489 e. The van der Waals surface area contributed by atoms with Crippen LogP contribution < -0.4 is 10.1 Å². The molecule has 2 rings (SSSR count). The Morgan fingerprint density at radius 1 is 1.14 bits per heavy atom. The van der Waals surface area contributed by atoms with E-state index in [-0.39, 0.29) is 16.7 Å². The van der Waals surface area contributed by atoms with Crippen LogP contribution in [0.3, 0.4) is 0 Å². The average molecular weight is 416 g/mol. The predicted octanol–water partition coefficient (Wildman–Crippen LogP) is 3.63. The Morgan fingerprint density at radius 3 is 2.28 bits per heavy atom. The third-order valence-electron chi connectivity index (χ3n) is 4.18. The second-order valence-electron chi connectivity index (χ2n) is 6.56. The number of hydrogen-bond donors (Lipinski definition) is 1. The van der Waals surface area contributed by atoms with Crippen molar-refractivity contribution < 1.29 is 17.9 Å². The van der Waals surface area contributed by atoms with Gasteiger partial charge in [-0.2, -0.15) is 9.57 Å². The lowest BCUT2D eigenvalue weighted by Gasteiger charge is -2.20. The number of benzene rings is 2. The van der Waals surface area contributed by atoms with Gasteiger partial charge in [-0.25, -0.2) is 8.42 Å². The number of nitriles is 1. The number of hydrogen-bond acceptors (Lipinski definition) is 5. The number of carbonyl (C=O) groups excluding carboxylic acids is 1. The van der Waals surface area contributed by atoms with Gasteiger partial charge in [-0.05, 0) is 56.3 Å². The molecule has 0 heterocycles. The van der Waals surface area contributed by atoms with Crippen LogP contribution in [0.15, 0.2) is 47.4 Å². The highest BCUT2D eigenvalue weighted by molar-refractivity contribution is 7.89. The number of carbonyl (C=O) groups is 1. The maximum absolute atomic E-state index is 12.8. The molecule has 0 spiro atoms. The zero-order chi connectivity index (χ0) is 21.6. The van der Waals surface area contributed by atoms with Crippen LogP contribution in [0, 0.1) is 11.3 Å². The third-order valence-corrected chi connectivity index (χ3v) is 6.23. The van der Waals surface area contributed by atoms with Crippen molar-refractivity contribution in [2.24, 2.45) is 0 Å². The first-order valence-electron chi connectivity index (χ1n) is 9.35. The monoisotopic (exact) mass is 415 g/mol. The first-order chi connectivity index (χ1) is 13.7. The Balaban J connectivity index is 2.43. The molecule has 0 atom stereocenters. The average Bonchev–Trinajstić information content (AvgIpc) is 2.69. The molecule has 0 saturated carbocycles. The van der Waals surface area contributed by atoms with Gasteiger partial charge >= 0.3 is 0 Å². The van der Waals surface area contributed by atoms with E-state index in [4.69, 9.17) is 10.00 Å². The molecule has 0 aliphatic rings. The van der Waals surface area contributed by atoms with Crippen LogP contribution in [-0.4, -0.2) is 37.8 Å². The van der Waals surface area contributed by atoms with E-state index < -0.39 is 15.9 Å². The molecule has 0 unspecified atom stereocenters. The van der Waals surface area contributed by atoms with Gasteiger partial charge in [0.1, 0.15) is 5.75 Å². The molecule has 154 valence electrons. The molecule has 0 bridgehead atoms. The molecule has 2 aromatic carbocycles. The van der Waals surface area contributed by atoms with Crippen LogP contribution in [0.2, 0.25) is 0 Å². The molecule has 1 amide bonds. The molecule has 0 fully saturated rings. The van der Waals surface area contributed by atoms with E-state index in [9.17, 15) is 13.2 Å².